The Morgan fingerprint density at radius 2 is 2.21 bits per heavy atom. The van der Waals surface area contributed by atoms with Crippen LogP contribution in [0.15, 0.2) is 0 Å². The molecule has 2 heterocycles. The Labute approximate surface area is 113 Å². The molecule has 1 aromatic heterocycles. The third kappa shape index (κ3) is 2.27. The zero-order valence-corrected chi connectivity index (χ0v) is 11.5. The fourth-order valence-corrected chi connectivity index (χ4v) is 3.68. The van der Waals surface area contributed by atoms with Crippen LogP contribution in [0.1, 0.15) is 37.4 Å². The number of nitrogen functional groups attached to an aromatic ring is 1. The molecular formula is C14H22N4O. The molecule has 104 valence electrons. The van der Waals surface area contributed by atoms with Gasteiger partial charge in [0.05, 0.1) is 5.69 Å². The lowest BCUT2D eigenvalue weighted by atomic mass is 9.77. The van der Waals surface area contributed by atoms with E-state index < -0.39 is 0 Å². The molecule has 0 aromatic carbocycles. The van der Waals surface area contributed by atoms with E-state index in [2.05, 4.69) is 21.8 Å². The molecule has 1 aliphatic heterocycles. The van der Waals surface area contributed by atoms with Crippen molar-refractivity contribution < 1.29 is 5.11 Å². The number of piperidine rings is 1. The SMILES string of the molecule is CCCN1CCC[C@H]2Cc3nc(N)nc(O)c3C[C@@H]21. The minimum atomic E-state index is 0.0861. The summed E-state index contributed by atoms with van der Waals surface area (Å²) in [6.07, 6.45) is 5.50. The molecule has 2 aliphatic rings. The van der Waals surface area contributed by atoms with Crippen LogP contribution in [0, 0.1) is 5.92 Å². The second-order valence-electron chi connectivity index (χ2n) is 5.74. The number of fused-ring (bicyclic) bond motifs is 2. The van der Waals surface area contributed by atoms with Crippen LogP contribution in [0.3, 0.4) is 0 Å². The van der Waals surface area contributed by atoms with Crippen LogP contribution in [-0.4, -0.2) is 39.1 Å². The Balaban J connectivity index is 1.91. The maximum Gasteiger partial charge on any atom is 0.223 e. The monoisotopic (exact) mass is 262 g/mol. The lowest BCUT2D eigenvalue weighted by Gasteiger charge is -2.44. The van der Waals surface area contributed by atoms with Crippen LogP contribution in [0.25, 0.3) is 0 Å². The number of aromatic nitrogens is 2. The molecule has 1 saturated heterocycles. The summed E-state index contributed by atoms with van der Waals surface area (Å²) in [6, 6.07) is 0.541. The first-order chi connectivity index (χ1) is 9.19. The summed E-state index contributed by atoms with van der Waals surface area (Å²) in [5.41, 5.74) is 7.51. The fraction of sp³-hybridized carbons (Fsp3) is 0.714. The first kappa shape index (κ1) is 12.7. The van der Waals surface area contributed by atoms with Crippen LogP contribution in [0.2, 0.25) is 0 Å². The number of hydrogen-bond acceptors (Lipinski definition) is 5. The minimum Gasteiger partial charge on any atom is -0.493 e. The summed E-state index contributed by atoms with van der Waals surface area (Å²) in [5, 5.41) is 9.99. The standard InChI is InChI=1S/C14H22N4O/c1-2-5-18-6-3-4-9-7-11-10(8-12(9)18)13(19)17-14(15)16-11/h9,12H,2-8H2,1H3,(H3,15,16,17,19)/t9-,12-/m0/s1. The maximum absolute atomic E-state index is 9.99. The Bertz CT molecular complexity index is 475. The van der Waals surface area contributed by atoms with Gasteiger partial charge in [-0.2, -0.15) is 4.98 Å². The Morgan fingerprint density at radius 1 is 1.37 bits per heavy atom. The average molecular weight is 262 g/mol. The first-order valence-corrected chi connectivity index (χ1v) is 7.27. The summed E-state index contributed by atoms with van der Waals surface area (Å²) in [6.45, 7) is 4.55. The Kier molecular flexibility index (Phi) is 3.31. The fourth-order valence-electron chi connectivity index (χ4n) is 3.68. The smallest absolute Gasteiger partial charge is 0.223 e. The van der Waals surface area contributed by atoms with E-state index in [0.29, 0.717) is 12.0 Å². The largest absolute Gasteiger partial charge is 0.493 e. The van der Waals surface area contributed by atoms with Crippen molar-refractivity contribution in [1.29, 1.82) is 0 Å². The van der Waals surface area contributed by atoms with Gasteiger partial charge in [0.15, 0.2) is 0 Å². The van der Waals surface area contributed by atoms with E-state index in [1.54, 1.807) is 0 Å². The van der Waals surface area contributed by atoms with E-state index in [4.69, 9.17) is 5.73 Å². The molecule has 2 atom stereocenters. The van der Waals surface area contributed by atoms with Crippen molar-refractivity contribution in [1.82, 2.24) is 14.9 Å². The first-order valence-electron chi connectivity index (χ1n) is 7.27. The van der Waals surface area contributed by atoms with Crippen molar-refractivity contribution >= 4 is 5.95 Å². The summed E-state index contributed by atoms with van der Waals surface area (Å²) in [5.74, 6) is 0.931. The number of nitrogens with two attached hydrogens (primary N) is 1. The van der Waals surface area contributed by atoms with Crippen LogP contribution >= 0.6 is 0 Å². The van der Waals surface area contributed by atoms with Crippen molar-refractivity contribution in [2.45, 2.75) is 45.1 Å². The van der Waals surface area contributed by atoms with Crippen LogP contribution in [0.4, 0.5) is 5.95 Å². The predicted octanol–water partition coefficient (Wildman–Crippen LogP) is 1.35. The van der Waals surface area contributed by atoms with E-state index in [1.165, 1.54) is 25.8 Å². The highest BCUT2D eigenvalue weighted by molar-refractivity contribution is 5.38. The van der Waals surface area contributed by atoms with Gasteiger partial charge in [-0.1, -0.05) is 6.92 Å². The normalized spacial score (nSPS) is 26.8. The molecule has 0 amide bonds. The molecule has 19 heavy (non-hydrogen) atoms. The minimum absolute atomic E-state index is 0.0861. The molecule has 3 N–H and O–H groups in total. The molecule has 1 aromatic rings. The van der Waals surface area contributed by atoms with Crippen molar-refractivity contribution in [3.63, 3.8) is 0 Å². The van der Waals surface area contributed by atoms with Gasteiger partial charge >= 0.3 is 0 Å². The molecule has 5 nitrogen and oxygen atoms in total. The van der Waals surface area contributed by atoms with Gasteiger partial charge in [0.1, 0.15) is 0 Å². The maximum atomic E-state index is 9.99. The number of hydrogen-bond donors (Lipinski definition) is 2. The van der Waals surface area contributed by atoms with E-state index in [0.717, 1.165) is 30.6 Å². The van der Waals surface area contributed by atoms with Gasteiger partial charge < -0.3 is 10.8 Å². The van der Waals surface area contributed by atoms with Gasteiger partial charge in [-0.05, 0) is 51.1 Å². The van der Waals surface area contributed by atoms with Gasteiger partial charge in [0.25, 0.3) is 0 Å². The van der Waals surface area contributed by atoms with Crippen LogP contribution in [-0.2, 0) is 12.8 Å². The Hall–Kier alpha value is -1.36. The van der Waals surface area contributed by atoms with Gasteiger partial charge in [-0.25, -0.2) is 4.98 Å². The zero-order valence-electron chi connectivity index (χ0n) is 11.5. The lowest BCUT2D eigenvalue weighted by Crippen LogP contribution is -2.49. The molecule has 0 saturated carbocycles. The van der Waals surface area contributed by atoms with E-state index in [1.807, 2.05) is 0 Å². The molecule has 5 heteroatoms. The van der Waals surface area contributed by atoms with Gasteiger partial charge in [-0.15, -0.1) is 0 Å². The number of likely N-dealkylation sites (tertiary alicyclic amines) is 1. The summed E-state index contributed by atoms with van der Waals surface area (Å²) >= 11 is 0. The molecule has 0 spiro atoms. The van der Waals surface area contributed by atoms with E-state index in [9.17, 15) is 5.11 Å². The molecule has 0 bridgehead atoms. The molecule has 3 rings (SSSR count). The highest BCUT2D eigenvalue weighted by atomic mass is 16.3. The quantitative estimate of drug-likeness (QED) is 0.841. The summed E-state index contributed by atoms with van der Waals surface area (Å²) in [4.78, 5) is 10.8. The number of rotatable bonds is 2. The van der Waals surface area contributed by atoms with Crippen LogP contribution < -0.4 is 5.73 Å². The molecular weight excluding hydrogens is 240 g/mol. The summed E-state index contributed by atoms with van der Waals surface area (Å²) in [7, 11) is 0. The highest BCUT2D eigenvalue weighted by Crippen LogP contribution is 2.37. The van der Waals surface area contributed by atoms with Crippen molar-refractivity contribution in [3.8, 4) is 5.88 Å². The molecule has 1 aliphatic carbocycles. The third-order valence-electron chi connectivity index (χ3n) is 4.50. The highest BCUT2D eigenvalue weighted by Gasteiger charge is 2.37. The molecule has 0 unspecified atom stereocenters. The predicted molar refractivity (Wildman–Crippen MR) is 73.9 cm³/mol. The van der Waals surface area contributed by atoms with Crippen molar-refractivity contribution in [3.05, 3.63) is 11.3 Å². The lowest BCUT2D eigenvalue weighted by molar-refractivity contribution is 0.0837. The number of anilines is 1. The van der Waals surface area contributed by atoms with Gasteiger partial charge in [-0.3, -0.25) is 4.90 Å². The van der Waals surface area contributed by atoms with E-state index >= 15 is 0 Å². The Morgan fingerprint density at radius 3 is 3.00 bits per heavy atom. The number of nitrogens with zero attached hydrogens (tertiary/aromatic N) is 3. The average Bonchev–Trinajstić information content (AvgIpc) is 2.37. The topological polar surface area (TPSA) is 75.3 Å². The van der Waals surface area contributed by atoms with Gasteiger partial charge in [0, 0.05) is 11.6 Å². The molecule has 1 fully saturated rings. The molecule has 0 radical (unpaired) electrons. The van der Waals surface area contributed by atoms with Gasteiger partial charge in [0.2, 0.25) is 11.8 Å². The zero-order chi connectivity index (χ0) is 13.4. The van der Waals surface area contributed by atoms with Crippen LogP contribution in [0.5, 0.6) is 5.88 Å². The second-order valence-corrected chi connectivity index (χ2v) is 5.74. The second kappa shape index (κ2) is 4.96. The van der Waals surface area contributed by atoms with Crippen molar-refractivity contribution in [2.75, 3.05) is 18.8 Å². The summed E-state index contributed by atoms with van der Waals surface area (Å²) < 4.78 is 0. The third-order valence-corrected chi connectivity index (χ3v) is 4.50. The van der Waals surface area contributed by atoms with E-state index in [-0.39, 0.29) is 11.8 Å². The van der Waals surface area contributed by atoms with Crippen molar-refractivity contribution in [2.24, 2.45) is 5.92 Å². The number of aromatic hydroxyl groups is 1.